The van der Waals surface area contributed by atoms with Gasteiger partial charge in [0.2, 0.25) is 0 Å². The van der Waals surface area contributed by atoms with E-state index in [0.717, 1.165) is 5.56 Å². The van der Waals surface area contributed by atoms with Gasteiger partial charge in [0.1, 0.15) is 4.88 Å². The third-order valence-corrected chi connectivity index (χ3v) is 3.51. The summed E-state index contributed by atoms with van der Waals surface area (Å²) in [7, 11) is 1.63. The molecule has 0 spiro atoms. The summed E-state index contributed by atoms with van der Waals surface area (Å²) in [5.41, 5.74) is 6.12. The number of thiophene rings is 1. The fraction of sp³-hybridized carbons (Fsp3) is 0.500. The van der Waals surface area contributed by atoms with Crippen molar-refractivity contribution in [2.75, 3.05) is 26.8 Å². The van der Waals surface area contributed by atoms with E-state index in [4.69, 9.17) is 10.5 Å². The summed E-state index contributed by atoms with van der Waals surface area (Å²) in [6.07, 6.45) is 0. The Morgan fingerprint density at radius 2 is 2.32 bits per heavy atom. The number of carbonyl (C=O) groups excluding carboxylic acids is 1. The van der Waals surface area contributed by atoms with Gasteiger partial charge in [-0.05, 0) is 25.3 Å². The lowest BCUT2D eigenvalue weighted by molar-refractivity contribution is 0.0639. The summed E-state index contributed by atoms with van der Waals surface area (Å²) < 4.78 is 5.05. The van der Waals surface area contributed by atoms with Crippen LogP contribution in [0, 0.1) is 11.8 Å². The summed E-state index contributed by atoms with van der Waals surface area (Å²) >= 11 is 1.41. The maximum atomic E-state index is 12.5. The molecule has 2 N–H and O–H groups in total. The molecule has 0 aliphatic carbocycles. The van der Waals surface area contributed by atoms with Gasteiger partial charge in [-0.15, -0.1) is 11.3 Å². The largest absolute Gasteiger partial charge is 0.383 e. The molecular formula is C14H20N2O2S. The van der Waals surface area contributed by atoms with Gasteiger partial charge < -0.3 is 15.4 Å². The van der Waals surface area contributed by atoms with Crippen LogP contribution < -0.4 is 5.73 Å². The highest BCUT2D eigenvalue weighted by Crippen LogP contribution is 2.19. The van der Waals surface area contributed by atoms with Crippen molar-refractivity contribution in [2.45, 2.75) is 19.9 Å². The van der Waals surface area contributed by atoms with E-state index in [9.17, 15) is 4.79 Å². The number of carbonyl (C=O) groups is 1. The van der Waals surface area contributed by atoms with Crippen molar-refractivity contribution in [1.82, 2.24) is 4.90 Å². The molecule has 104 valence electrons. The Morgan fingerprint density at radius 3 is 2.89 bits per heavy atom. The first-order chi connectivity index (χ1) is 9.11. The highest BCUT2D eigenvalue weighted by atomic mass is 32.1. The Morgan fingerprint density at radius 1 is 1.58 bits per heavy atom. The van der Waals surface area contributed by atoms with E-state index in [1.807, 2.05) is 25.3 Å². The Kier molecular flexibility index (Phi) is 6.57. The lowest BCUT2D eigenvalue weighted by Gasteiger charge is -2.26. The molecular weight excluding hydrogens is 260 g/mol. The number of rotatable bonds is 5. The molecule has 1 aromatic rings. The minimum atomic E-state index is 0.00312. The Balaban J connectivity index is 2.93. The van der Waals surface area contributed by atoms with Gasteiger partial charge in [0.15, 0.2) is 0 Å². The van der Waals surface area contributed by atoms with Gasteiger partial charge in [-0.3, -0.25) is 4.79 Å². The molecule has 0 aromatic carbocycles. The second kappa shape index (κ2) is 7.95. The minimum absolute atomic E-state index is 0.00312. The normalized spacial score (nSPS) is 10.2. The SMILES string of the molecule is COCCN(C(=O)c1sccc1C#CCN)C(C)C. The number of hydrogen-bond donors (Lipinski definition) is 1. The molecule has 19 heavy (non-hydrogen) atoms. The van der Waals surface area contributed by atoms with Crippen LogP contribution in [0.2, 0.25) is 0 Å². The summed E-state index contributed by atoms with van der Waals surface area (Å²) in [6, 6.07) is 1.98. The van der Waals surface area contributed by atoms with E-state index >= 15 is 0 Å². The molecule has 1 heterocycles. The molecule has 4 nitrogen and oxygen atoms in total. The lowest BCUT2D eigenvalue weighted by Crippen LogP contribution is -2.39. The van der Waals surface area contributed by atoms with Gasteiger partial charge in [-0.25, -0.2) is 0 Å². The summed E-state index contributed by atoms with van der Waals surface area (Å²) in [5.74, 6) is 5.73. The molecule has 0 aliphatic rings. The maximum absolute atomic E-state index is 12.5. The molecule has 0 unspecified atom stereocenters. The number of hydrogen-bond acceptors (Lipinski definition) is 4. The molecule has 0 bridgehead atoms. The first-order valence-electron chi connectivity index (χ1n) is 6.18. The first-order valence-corrected chi connectivity index (χ1v) is 7.06. The maximum Gasteiger partial charge on any atom is 0.265 e. The van der Waals surface area contributed by atoms with Crippen molar-refractivity contribution in [3.63, 3.8) is 0 Å². The zero-order chi connectivity index (χ0) is 14.3. The predicted molar refractivity (Wildman–Crippen MR) is 78.3 cm³/mol. The van der Waals surface area contributed by atoms with Gasteiger partial charge in [0.25, 0.3) is 5.91 Å². The number of methoxy groups -OCH3 is 1. The minimum Gasteiger partial charge on any atom is -0.383 e. The third kappa shape index (κ3) is 4.35. The molecule has 0 aliphatic heterocycles. The zero-order valence-electron chi connectivity index (χ0n) is 11.6. The molecule has 0 fully saturated rings. The average Bonchev–Trinajstić information content (AvgIpc) is 2.84. The average molecular weight is 280 g/mol. The molecule has 5 heteroatoms. The Labute approximate surface area is 118 Å². The van der Waals surface area contributed by atoms with Crippen LogP contribution in [0.5, 0.6) is 0 Å². The zero-order valence-corrected chi connectivity index (χ0v) is 12.4. The van der Waals surface area contributed by atoms with Crippen molar-refractivity contribution in [3.05, 3.63) is 21.9 Å². The van der Waals surface area contributed by atoms with Gasteiger partial charge in [0.05, 0.1) is 13.2 Å². The van der Waals surface area contributed by atoms with E-state index in [1.54, 1.807) is 12.0 Å². The first kappa shape index (κ1) is 15.7. The summed E-state index contributed by atoms with van der Waals surface area (Å²) in [6.45, 7) is 5.38. The van der Waals surface area contributed by atoms with Crippen LogP contribution in [-0.4, -0.2) is 43.7 Å². The Bertz CT molecular complexity index is 471. The van der Waals surface area contributed by atoms with Crippen LogP contribution in [0.1, 0.15) is 29.1 Å². The van der Waals surface area contributed by atoms with Crippen LogP contribution in [0.15, 0.2) is 11.4 Å². The standard InChI is InChI=1S/C14H20N2O2S/c1-11(2)16(8-9-18-3)14(17)13-12(5-4-7-15)6-10-19-13/h6,10-11H,7-9,15H2,1-3H3. The van der Waals surface area contributed by atoms with Crippen molar-refractivity contribution in [2.24, 2.45) is 5.73 Å². The number of ether oxygens (including phenoxy) is 1. The highest BCUT2D eigenvalue weighted by Gasteiger charge is 2.21. The molecule has 0 atom stereocenters. The topological polar surface area (TPSA) is 55.6 Å². The number of amides is 1. The van der Waals surface area contributed by atoms with E-state index in [2.05, 4.69) is 11.8 Å². The molecule has 0 saturated carbocycles. The van der Waals surface area contributed by atoms with E-state index in [0.29, 0.717) is 24.6 Å². The third-order valence-electron chi connectivity index (χ3n) is 2.61. The fourth-order valence-electron chi connectivity index (χ4n) is 1.63. The quantitative estimate of drug-likeness (QED) is 0.833. The van der Waals surface area contributed by atoms with Crippen LogP contribution in [0.3, 0.4) is 0 Å². The van der Waals surface area contributed by atoms with Crippen LogP contribution in [0.25, 0.3) is 0 Å². The van der Waals surface area contributed by atoms with Gasteiger partial charge in [0, 0.05) is 25.3 Å². The predicted octanol–water partition coefficient (Wildman–Crippen LogP) is 1.56. The lowest BCUT2D eigenvalue weighted by atomic mass is 10.2. The molecule has 1 amide bonds. The smallest absolute Gasteiger partial charge is 0.265 e. The molecule has 0 saturated heterocycles. The van der Waals surface area contributed by atoms with Gasteiger partial charge in [-0.2, -0.15) is 0 Å². The second-order valence-corrected chi connectivity index (χ2v) is 5.17. The van der Waals surface area contributed by atoms with Crippen molar-refractivity contribution < 1.29 is 9.53 Å². The molecule has 0 radical (unpaired) electrons. The van der Waals surface area contributed by atoms with Crippen molar-refractivity contribution in [3.8, 4) is 11.8 Å². The summed E-state index contributed by atoms with van der Waals surface area (Å²) in [4.78, 5) is 15.0. The monoisotopic (exact) mass is 280 g/mol. The van der Waals surface area contributed by atoms with Crippen LogP contribution in [0.4, 0.5) is 0 Å². The van der Waals surface area contributed by atoms with Crippen LogP contribution >= 0.6 is 11.3 Å². The van der Waals surface area contributed by atoms with E-state index in [1.165, 1.54) is 11.3 Å². The highest BCUT2D eigenvalue weighted by molar-refractivity contribution is 7.12. The fourth-order valence-corrected chi connectivity index (χ4v) is 2.44. The van der Waals surface area contributed by atoms with Crippen molar-refractivity contribution >= 4 is 17.2 Å². The Hall–Kier alpha value is -1.35. The number of nitrogens with zero attached hydrogens (tertiary/aromatic N) is 1. The second-order valence-electron chi connectivity index (χ2n) is 4.25. The van der Waals surface area contributed by atoms with Crippen molar-refractivity contribution in [1.29, 1.82) is 0 Å². The summed E-state index contributed by atoms with van der Waals surface area (Å²) in [5, 5.41) is 1.88. The van der Waals surface area contributed by atoms with E-state index in [-0.39, 0.29) is 11.9 Å². The van der Waals surface area contributed by atoms with E-state index < -0.39 is 0 Å². The van der Waals surface area contributed by atoms with Gasteiger partial charge in [-0.1, -0.05) is 11.8 Å². The van der Waals surface area contributed by atoms with Gasteiger partial charge >= 0.3 is 0 Å². The molecule has 1 rings (SSSR count). The molecule has 1 aromatic heterocycles. The van der Waals surface area contributed by atoms with Crippen LogP contribution in [-0.2, 0) is 4.74 Å². The number of nitrogens with two attached hydrogens (primary N) is 1.